The Kier molecular flexibility index (Phi) is 3.19. The highest BCUT2D eigenvalue weighted by atomic mass is 79.9. The Balaban J connectivity index is 2.08. The Morgan fingerprint density at radius 3 is 2.30 bits per heavy atom. The standard InChI is InChI=1S/C15H11BrN2O2/c16-10-6-5-9(8-17)13(7-10)18-14(19)11-3-1-2-4-12(11)15(18)20/h1-2,5-7,11-12H,3-4H2/t11-,12+. The third-order valence-electron chi connectivity index (χ3n) is 3.83. The van der Waals surface area contributed by atoms with Crippen LogP contribution in [0.15, 0.2) is 34.8 Å². The second-order valence-electron chi connectivity index (χ2n) is 4.94. The van der Waals surface area contributed by atoms with Crippen LogP contribution in [0.2, 0.25) is 0 Å². The number of rotatable bonds is 1. The van der Waals surface area contributed by atoms with Crippen LogP contribution in [-0.2, 0) is 9.59 Å². The molecule has 20 heavy (non-hydrogen) atoms. The molecular formula is C15H11BrN2O2. The molecule has 4 nitrogen and oxygen atoms in total. The largest absolute Gasteiger partial charge is 0.274 e. The van der Waals surface area contributed by atoms with E-state index in [4.69, 9.17) is 0 Å². The van der Waals surface area contributed by atoms with Crippen LogP contribution in [-0.4, -0.2) is 11.8 Å². The van der Waals surface area contributed by atoms with Gasteiger partial charge in [0.05, 0.1) is 23.1 Å². The van der Waals surface area contributed by atoms with E-state index < -0.39 is 0 Å². The molecule has 2 aliphatic rings. The molecule has 2 amide bonds. The molecule has 1 saturated heterocycles. The van der Waals surface area contributed by atoms with Gasteiger partial charge in [-0.15, -0.1) is 0 Å². The van der Waals surface area contributed by atoms with Gasteiger partial charge in [0, 0.05) is 4.47 Å². The van der Waals surface area contributed by atoms with E-state index in [9.17, 15) is 14.9 Å². The molecule has 0 unspecified atom stereocenters. The number of hydrogen-bond acceptors (Lipinski definition) is 3. The number of halogens is 1. The average Bonchev–Trinajstić information content (AvgIpc) is 2.71. The zero-order valence-electron chi connectivity index (χ0n) is 10.5. The molecule has 0 bridgehead atoms. The second-order valence-corrected chi connectivity index (χ2v) is 5.86. The maximum atomic E-state index is 12.5. The molecule has 1 aliphatic carbocycles. The van der Waals surface area contributed by atoms with Crippen molar-refractivity contribution in [2.75, 3.05) is 4.90 Å². The zero-order chi connectivity index (χ0) is 14.3. The number of benzene rings is 1. The minimum absolute atomic E-state index is 0.195. The van der Waals surface area contributed by atoms with Gasteiger partial charge in [-0.25, -0.2) is 4.90 Å². The van der Waals surface area contributed by atoms with E-state index in [1.807, 2.05) is 18.2 Å². The molecule has 1 aromatic carbocycles. The van der Waals surface area contributed by atoms with Crippen LogP contribution >= 0.6 is 15.9 Å². The third-order valence-corrected chi connectivity index (χ3v) is 4.32. The van der Waals surface area contributed by atoms with Crippen molar-refractivity contribution in [1.82, 2.24) is 0 Å². The van der Waals surface area contributed by atoms with E-state index in [1.165, 1.54) is 4.90 Å². The summed E-state index contributed by atoms with van der Waals surface area (Å²) in [5.41, 5.74) is 0.716. The highest BCUT2D eigenvalue weighted by molar-refractivity contribution is 9.10. The normalized spacial score (nSPS) is 24.7. The van der Waals surface area contributed by atoms with Gasteiger partial charge in [-0.3, -0.25) is 9.59 Å². The molecule has 0 saturated carbocycles. The van der Waals surface area contributed by atoms with E-state index in [-0.39, 0.29) is 23.7 Å². The van der Waals surface area contributed by atoms with Crippen molar-refractivity contribution in [3.05, 3.63) is 40.4 Å². The summed E-state index contributed by atoms with van der Waals surface area (Å²) in [6, 6.07) is 7.03. The van der Waals surface area contributed by atoms with Crippen molar-refractivity contribution in [1.29, 1.82) is 5.26 Å². The van der Waals surface area contributed by atoms with E-state index in [0.29, 0.717) is 24.1 Å². The summed E-state index contributed by atoms with van der Waals surface area (Å²) in [5, 5.41) is 9.17. The van der Waals surface area contributed by atoms with Crippen LogP contribution in [0.3, 0.4) is 0 Å². The van der Waals surface area contributed by atoms with Crippen molar-refractivity contribution in [3.8, 4) is 6.07 Å². The fourth-order valence-electron chi connectivity index (χ4n) is 2.82. The van der Waals surface area contributed by atoms with Crippen molar-refractivity contribution in [2.45, 2.75) is 12.8 Å². The Hall–Kier alpha value is -1.93. The second kappa shape index (κ2) is 4.88. The van der Waals surface area contributed by atoms with Gasteiger partial charge >= 0.3 is 0 Å². The van der Waals surface area contributed by atoms with Crippen LogP contribution in [0.5, 0.6) is 0 Å². The lowest BCUT2D eigenvalue weighted by molar-refractivity contribution is -0.122. The van der Waals surface area contributed by atoms with Gasteiger partial charge in [0.25, 0.3) is 0 Å². The molecule has 2 atom stereocenters. The van der Waals surface area contributed by atoms with Crippen molar-refractivity contribution in [3.63, 3.8) is 0 Å². The monoisotopic (exact) mass is 330 g/mol. The maximum absolute atomic E-state index is 12.5. The molecule has 1 heterocycles. The summed E-state index contributed by atoms with van der Waals surface area (Å²) >= 11 is 3.32. The first-order chi connectivity index (χ1) is 9.63. The van der Waals surface area contributed by atoms with Crippen LogP contribution < -0.4 is 4.90 Å². The summed E-state index contributed by atoms with van der Waals surface area (Å²) in [5.74, 6) is -0.950. The van der Waals surface area contributed by atoms with Gasteiger partial charge in [0.1, 0.15) is 6.07 Å². The van der Waals surface area contributed by atoms with E-state index >= 15 is 0 Å². The van der Waals surface area contributed by atoms with E-state index in [0.717, 1.165) is 4.47 Å². The van der Waals surface area contributed by atoms with Gasteiger partial charge < -0.3 is 0 Å². The number of hydrogen-bond donors (Lipinski definition) is 0. The van der Waals surface area contributed by atoms with Crippen LogP contribution in [0, 0.1) is 23.2 Å². The highest BCUT2D eigenvalue weighted by Crippen LogP contribution is 2.39. The minimum Gasteiger partial charge on any atom is -0.274 e. The predicted octanol–water partition coefficient (Wildman–Crippen LogP) is 2.78. The molecule has 1 aliphatic heterocycles. The van der Waals surface area contributed by atoms with Crippen LogP contribution in [0.4, 0.5) is 5.69 Å². The lowest BCUT2D eigenvalue weighted by Gasteiger charge is -2.16. The molecule has 0 radical (unpaired) electrons. The molecule has 3 rings (SSSR count). The SMILES string of the molecule is N#Cc1ccc(Br)cc1N1C(=O)[C@H]2CC=CC[C@H]2C1=O. The van der Waals surface area contributed by atoms with Crippen molar-refractivity contribution >= 4 is 33.4 Å². The predicted molar refractivity (Wildman–Crippen MR) is 76.7 cm³/mol. The van der Waals surface area contributed by atoms with Crippen LogP contribution in [0.1, 0.15) is 18.4 Å². The Bertz CT molecular complexity index is 649. The number of imide groups is 1. The first-order valence-corrected chi connectivity index (χ1v) is 7.15. The van der Waals surface area contributed by atoms with Crippen molar-refractivity contribution in [2.24, 2.45) is 11.8 Å². The summed E-state index contributed by atoms with van der Waals surface area (Å²) < 4.78 is 0.736. The van der Waals surface area contributed by atoms with Crippen LogP contribution in [0.25, 0.3) is 0 Å². The summed E-state index contributed by atoms with van der Waals surface area (Å²) in [7, 11) is 0. The Labute approximate surface area is 124 Å². The number of fused-ring (bicyclic) bond motifs is 1. The first-order valence-electron chi connectivity index (χ1n) is 6.36. The minimum atomic E-state index is -0.280. The summed E-state index contributed by atoms with van der Waals surface area (Å²) in [4.78, 5) is 26.1. The molecule has 100 valence electrons. The first kappa shape index (κ1) is 13.1. The average molecular weight is 331 g/mol. The van der Waals surface area contributed by atoms with Gasteiger partial charge in [0.2, 0.25) is 11.8 Å². The lowest BCUT2D eigenvalue weighted by Crippen LogP contribution is -2.31. The smallest absolute Gasteiger partial charge is 0.238 e. The maximum Gasteiger partial charge on any atom is 0.238 e. The van der Waals surface area contributed by atoms with E-state index in [1.54, 1.807) is 18.2 Å². The summed E-state index contributed by atoms with van der Waals surface area (Å²) in [6.07, 6.45) is 5.09. The molecule has 0 aromatic heterocycles. The van der Waals surface area contributed by atoms with Crippen molar-refractivity contribution < 1.29 is 9.59 Å². The molecule has 1 fully saturated rings. The third kappa shape index (κ3) is 1.88. The van der Waals surface area contributed by atoms with Gasteiger partial charge in [-0.1, -0.05) is 28.1 Å². The Morgan fingerprint density at radius 1 is 1.15 bits per heavy atom. The number of nitriles is 1. The summed E-state index contributed by atoms with van der Waals surface area (Å²) in [6.45, 7) is 0. The number of carbonyl (C=O) groups excluding carboxylic acids is 2. The highest BCUT2D eigenvalue weighted by Gasteiger charge is 2.48. The van der Waals surface area contributed by atoms with Gasteiger partial charge in [-0.2, -0.15) is 5.26 Å². The number of amides is 2. The molecule has 0 spiro atoms. The lowest BCUT2D eigenvalue weighted by atomic mass is 9.85. The van der Waals surface area contributed by atoms with E-state index in [2.05, 4.69) is 15.9 Å². The Morgan fingerprint density at radius 2 is 1.75 bits per heavy atom. The molecule has 1 aromatic rings. The number of nitrogens with zero attached hydrogens (tertiary/aromatic N) is 2. The fraction of sp³-hybridized carbons (Fsp3) is 0.267. The number of allylic oxidation sites excluding steroid dienone is 2. The molecule has 5 heteroatoms. The quantitative estimate of drug-likeness (QED) is 0.587. The van der Waals surface area contributed by atoms with Gasteiger partial charge in [-0.05, 0) is 31.0 Å². The fourth-order valence-corrected chi connectivity index (χ4v) is 3.17. The zero-order valence-corrected chi connectivity index (χ0v) is 12.1. The molecule has 0 N–H and O–H groups in total. The number of carbonyl (C=O) groups is 2. The van der Waals surface area contributed by atoms with Gasteiger partial charge in [0.15, 0.2) is 0 Å². The number of anilines is 1. The topological polar surface area (TPSA) is 61.2 Å². The molecular weight excluding hydrogens is 320 g/mol.